The van der Waals surface area contributed by atoms with Crippen molar-refractivity contribution in [3.63, 3.8) is 0 Å². The van der Waals surface area contributed by atoms with Crippen LogP contribution in [0.1, 0.15) is 6.42 Å². The van der Waals surface area contributed by atoms with Crippen LogP contribution in [0.2, 0.25) is 0 Å². The highest BCUT2D eigenvalue weighted by Gasteiger charge is 2.31. The summed E-state index contributed by atoms with van der Waals surface area (Å²) in [5.74, 6) is -0.141. The van der Waals surface area contributed by atoms with Gasteiger partial charge in [0.25, 0.3) is 0 Å². The zero-order valence-electron chi connectivity index (χ0n) is 5.94. The van der Waals surface area contributed by atoms with E-state index in [4.69, 9.17) is 0 Å². The Bertz CT molecular complexity index is 219. The molecule has 0 aromatic heterocycles. The smallest absolute Gasteiger partial charge is 0.406 e. The van der Waals surface area contributed by atoms with Crippen LogP contribution in [0.25, 0.3) is 0 Å². The molecule has 1 aliphatic rings. The highest BCUT2D eigenvalue weighted by Crippen LogP contribution is 2.25. The van der Waals surface area contributed by atoms with Crippen LogP contribution in [-0.4, -0.2) is 11.2 Å². The van der Waals surface area contributed by atoms with Crippen LogP contribution in [0.3, 0.4) is 0 Å². The van der Waals surface area contributed by atoms with Gasteiger partial charge in [0.05, 0.1) is 0 Å². The Kier molecular flexibility index (Phi) is 2.82. The molecule has 0 aromatic rings. The maximum atomic E-state index is 11.6. The standard InChI is InChI=1S/C7H6BrF3O/c8-5-1-3-6(4-2-5)12-7(9,10)11/h1,3-5H,2H2/t5-/m1/s1. The van der Waals surface area contributed by atoms with Crippen molar-refractivity contribution in [2.24, 2.45) is 0 Å². The fourth-order valence-electron chi connectivity index (χ4n) is 0.784. The maximum Gasteiger partial charge on any atom is 0.573 e. The third kappa shape index (κ3) is 3.30. The van der Waals surface area contributed by atoms with Gasteiger partial charge in [-0.25, -0.2) is 0 Å². The molecule has 0 spiro atoms. The number of hydrogen-bond acceptors (Lipinski definition) is 1. The molecule has 0 heterocycles. The van der Waals surface area contributed by atoms with Crippen molar-refractivity contribution in [1.82, 2.24) is 0 Å². The molecule has 0 aliphatic heterocycles. The molecule has 12 heavy (non-hydrogen) atoms. The highest BCUT2D eigenvalue weighted by atomic mass is 79.9. The lowest BCUT2D eigenvalue weighted by Crippen LogP contribution is -2.13. The minimum absolute atomic E-state index is 0.109. The average molecular weight is 243 g/mol. The number of ether oxygens (including phenoxy) is 1. The molecule has 0 saturated heterocycles. The molecular formula is C7H6BrF3O. The number of halogens is 4. The van der Waals surface area contributed by atoms with Crippen LogP contribution in [0, 0.1) is 0 Å². The van der Waals surface area contributed by atoms with Crippen LogP contribution in [0.4, 0.5) is 13.2 Å². The van der Waals surface area contributed by atoms with E-state index >= 15 is 0 Å². The summed E-state index contributed by atoms with van der Waals surface area (Å²) in [5.41, 5.74) is 0. The van der Waals surface area contributed by atoms with Crippen LogP contribution in [0.5, 0.6) is 0 Å². The largest absolute Gasteiger partial charge is 0.573 e. The quantitative estimate of drug-likeness (QED) is 0.643. The van der Waals surface area contributed by atoms with Gasteiger partial charge in [-0.3, -0.25) is 0 Å². The first-order valence-corrected chi connectivity index (χ1v) is 4.17. The molecule has 68 valence electrons. The third-order valence-electron chi connectivity index (χ3n) is 1.25. The first-order valence-electron chi connectivity index (χ1n) is 3.25. The van der Waals surface area contributed by atoms with E-state index in [0.717, 1.165) is 0 Å². The van der Waals surface area contributed by atoms with E-state index in [1.54, 1.807) is 6.08 Å². The van der Waals surface area contributed by atoms with Crippen molar-refractivity contribution < 1.29 is 17.9 Å². The Labute approximate surface area is 76.0 Å². The highest BCUT2D eigenvalue weighted by molar-refractivity contribution is 9.09. The van der Waals surface area contributed by atoms with Gasteiger partial charge in [-0.2, -0.15) is 0 Å². The zero-order valence-corrected chi connectivity index (χ0v) is 7.52. The van der Waals surface area contributed by atoms with E-state index in [-0.39, 0.29) is 10.6 Å². The monoisotopic (exact) mass is 242 g/mol. The van der Waals surface area contributed by atoms with E-state index in [1.807, 2.05) is 0 Å². The summed E-state index contributed by atoms with van der Waals surface area (Å²) in [4.78, 5) is 0.109. The summed E-state index contributed by atoms with van der Waals surface area (Å²) in [6.45, 7) is 0. The lowest BCUT2D eigenvalue weighted by atomic mass is 10.2. The topological polar surface area (TPSA) is 9.23 Å². The zero-order chi connectivity index (χ0) is 9.19. The van der Waals surface area contributed by atoms with Gasteiger partial charge >= 0.3 is 6.36 Å². The van der Waals surface area contributed by atoms with E-state index in [0.29, 0.717) is 6.42 Å². The van der Waals surface area contributed by atoms with Crippen LogP contribution in [0.15, 0.2) is 24.0 Å². The van der Waals surface area contributed by atoms with Gasteiger partial charge in [-0.15, -0.1) is 13.2 Å². The molecule has 1 rings (SSSR count). The van der Waals surface area contributed by atoms with Gasteiger partial charge in [0.15, 0.2) is 0 Å². The van der Waals surface area contributed by atoms with Crippen molar-refractivity contribution in [1.29, 1.82) is 0 Å². The minimum Gasteiger partial charge on any atom is -0.406 e. The van der Waals surface area contributed by atoms with Gasteiger partial charge in [-0.1, -0.05) is 22.0 Å². The van der Waals surface area contributed by atoms with E-state index in [2.05, 4.69) is 20.7 Å². The lowest BCUT2D eigenvalue weighted by Gasteiger charge is -2.13. The summed E-state index contributed by atoms with van der Waals surface area (Å²) in [7, 11) is 0. The van der Waals surface area contributed by atoms with Crippen molar-refractivity contribution in [2.45, 2.75) is 17.6 Å². The molecule has 1 aliphatic carbocycles. The Morgan fingerprint density at radius 2 is 2.17 bits per heavy atom. The fraction of sp³-hybridized carbons (Fsp3) is 0.429. The van der Waals surface area contributed by atoms with Crippen molar-refractivity contribution in [3.8, 4) is 0 Å². The second kappa shape index (κ2) is 3.51. The van der Waals surface area contributed by atoms with E-state index in [1.165, 1.54) is 12.2 Å². The summed E-state index contributed by atoms with van der Waals surface area (Å²) in [6, 6.07) is 0. The molecule has 0 N–H and O–H groups in total. The van der Waals surface area contributed by atoms with Gasteiger partial charge in [-0.05, 0) is 18.6 Å². The molecule has 0 fully saturated rings. The van der Waals surface area contributed by atoms with E-state index in [9.17, 15) is 13.2 Å². The Morgan fingerprint density at radius 3 is 2.58 bits per heavy atom. The molecule has 0 bridgehead atoms. The SMILES string of the molecule is FC(F)(F)OC1=CC[C@H](Br)C=C1. The number of alkyl halides is 4. The van der Waals surface area contributed by atoms with E-state index < -0.39 is 6.36 Å². The Hall–Kier alpha value is -0.450. The normalized spacial score (nSPS) is 23.7. The van der Waals surface area contributed by atoms with Crippen molar-refractivity contribution in [2.75, 3.05) is 0 Å². The van der Waals surface area contributed by atoms with Gasteiger partial charge in [0, 0.05) is 4.83 Å². The third-order valence-corrected chi connectivity index (χ3v) is 1.93. The summed E-state index contributed by atoms with van der Waals surface area (Å²) in [6.07, 6.45) is 0.238. The van der Waals surface area contributed by atoms with Gasteiger partial charge < -0.3 is 4.74 Å². The molecule has 0 aromatic carbocycles. The number of allylic oxidation sites excluding steroid dienone is 3. The first kappa shape index (κ1) is 9.64. The van der Waals surface area contributed by atoms with Crippen LogP contribution >= 0.6 is 15.9 Å². The Morgan fingerprint density at radius 1 is 1.50 bits per heavy atom. The predicted octanol–water partition coefficient (Wildman–Crippen LogP) is 3.13. The Balaban J connectivity index is 2.51. The molecule has 1 nitrogen and oxygen atoms in total. The van der Waals surface area contributed by atoms with Gasteiger partial charge in [0.2, 0.25) is 0 Å². The molecule has 0 radical (unpaired) electrons. The molecule has 1 atom stereocenters. The minimum atomic E-state index is -4.59. The molecule has 0 amide bonds. The van der Waals surface area contributed by atoms with Crippen LogP contribution < -0.4 is 0 Å². The number of hydrogen-bond donors (Lipinski definition) is 0. The number of rotatable bonds is 1. The predicted molar refractivity (Wildman–Crippen MR) is 41.7 cm³/mol. The molecule has 0 saturated carbocycles. The molecular weight excluding hydrogens is 237 g/mol. The van der Waals surface area contributed by atoms with Crippen molar-refractivity contribution in [3.05, 3.63) is 24.0 Å². The fourth-order valence-corrected chi connectivity index (χ4v) is 1.12. The first-order chi connectivity index (χ1) is 5.47. The second-order valence-corrected chi connectivity index (χ2v) is 3.44. The van der Waals surface area contributed by atoms with Crippen molar-refractivity contribution >= 4 is 15.9 Å². The molecule has 0 unspecified atom stereocenters. The maximum absolute atomic E-state index is 11.6. The van der Waals surface area contributed by atoms with Crippen LogP contribution in [-0.2, 0) is 4.74 Å². The summed E-state index contributed by atoms with van der Waals surface area (Å²) in [5, 5.41) is 0. The molecule has 5 heteroatoms. The average Bonchev–Trinajstić information content (AvgIpc) is 1.91. The second-order valence-electron chi connectivity index (χ2n) is 2.27. The lowest BCUT2D eigenvalue weighted by molar-refractivity contribution is -0.303. The van der Waals surface area contributed by atoms with Gasteiger partial charge in [0.1, 0.15) is 5.76 Å². The summed E-state index contributed by atoms with van der Waals surface area (Å²) >= 11 is 3.23. The summed E-state index contributed by atoms with van der Waals surface area (Å²) < 4.78 is 38.6.